The molecule has 4 N–H and O–H groups in total. The van der Waals surface area contributed by atoms with Crippen molar-refractivity contribution in [1.29, 1.82) is 0 Å². The highest BCUT2D eigenvalue weighted by molar-refractivity contribution is 5.97. The van der Waals surface area contributed by atoms with Gasteiger partial charge in [0.1, 0.15) is 12.0 Å². The molecule has 0 saturated carbocycles. The van der Waals surface area contributed by atoms with Crippen LogP contribution in [0.4, 0.5) is 23.0 Å². The van der Waals surface area contributed by atoms with Crippen LogP contribution in [0.5, 0.6) is 0 Å². The first-order valence-electron chi connectivity index (χ1n) is 8.45. The lowest BCUT2D eigenvalue weighted by Crippen LogP contribution is -2.11. The molecule has 3 rings (SSSR count). The Morgan fingerprint density at radius 3 is 2.74 bits per heavy atom. The number of esters is 1. The molecule has 0 spiro atoms. The van der Waals surface area contributed by atoms with Crippen LogP contribution in [0.1, 0.15) is 22.8 Å². The van der Waals surface area contributed by atoms with Crippen LogP contribution in [-0.4, -0.2) is 27.5 Å². The topological polar surface area (TPSA) is 115 Å². The molecule has 0 bridgehead atoms. The van der Waals surface area contributed by atoms with Gasteiger partial charge in [-0.05, 0) is 30.7 Å². The highest BCUT2D eigenvalue weighted by Crippen LogP contribution is 2.28. The molecule has 138 valence electrons. The highest BCUT2D eigenvalue weighted by atomic mass is 16.5. The molecule has 8 nitrogen and oxygen atoms in total. The van der Waals surface area contributed by atoms with E-state index in [4.69, 9.17) is 10.5 Å². The number of benzene rings is 1. The maximum atomic E-state index is 12.1. The summed E-state index contributed by atoms with van der Waals surface area (Å²) in [5.41, 5.74) is 8.50. The molecule has 0 aliphatic carbocycles. The molecule has 0 saturated heterocycles. The smallest absolute Gasteiger partial charge is 0.340 e. The fraction of sp³-hybridized carbons (Fsp3) is 0.158. The van der Waals surface area contributed by atoms with Crippen molar-refractivity contribution in [1.82, 2.24) is 15.0 Å². The second-order valence-electron chi connectivity index (χ2n) is 5.59. The summed E-state index contributed by atoms with van der Waals surface area (Å²) in [4.78, 5) is 24.6. The van der Waals surface area contributed by atoms with E-state index in [1.807, 2.05) is 18.2 Å². The van der Waals surface area contributed by atoms with Gasteiger partial charge in [0.25, 0.3) is 0 Å². The van der Waals surface area contributed by atoms with E-state index in [-0.39, 0.29) is 0 Å². The summed E-state index contributed by atoms with van der Waals surface area (Å²) in [5, 5.41) is 6.25. The Morgan fingerprint density at radius 1 is 1.15 bits per heavy atom. The minimum atomic E-state index is -0.414. The number of anilines is 4. The summed E-state index contributed by atoms with van der Waals surface area (Å²) >= 11 is 0. The second kappa shape index (κ2) is 8.61. The lowest BCUT2D eigenvalue weighted by molar-refractivity contribution is 0.0527. The number of pyridine rings is 1. The van der Waals surface area contributed by atoms with E-state index in [2.05, 4.69) is 25.6 Å². The molecule has 0 aliphatic heterocycles. The van der Waals surface area contributed by atoms with E-state index in [1.165, 1.54) is 6.33 Å². The van der Waals surface area contributed by atoms with E-state index < -0.39 is 5.97 Å². The fourth-order valence-corrected chi connectivity index (χ4v) is 2.43. The number of ether oxygens (including phenoxy) is 1. The van der Waals surface area contributed by atoms with Gasteiger partial charge in [-0.15, -0.1) is 0 Å². The Labute approximate surface area is 156 Å². The summed E-state index contributed by atoms with van der Waals surface area (Å²) in [6, 6.07) is 10.8. The molecule has 1 aromatic carbocycles. The number of carbonyl (C=O) groups is 1. The molecule has 8 heteroatoms. The van der Waals surface area contributed by atoms with Crippen LogP contribution in [0.25, 0.3) is 0 Å². The summed E-state index contributed by atoms with van der Waals surface area (Å²) < 4.78 is 5.09. The van der Waals surface area contributed by atoms with Gasteiger partial charge in [0.05, 0.1) is 17.9 Å². The predicted octanol–water partition coefficient (Wildman–Crippen LogP) is 2.99. The zero-order valence-electron chi connectivity index (χ0n) is 14.8. The van der Waals surface area contributed by atoms with E-state index >= 15 is 0 Å². The third kappa shape index (κ3) is 4.49. The third-order valence-corrected chi connectivity index (χ3v) is 3.74. The van der Waals surface area contributed by atoms with Crippen LogP contribution in [0.3, 0.4) is 0 Å². The van der Waals surface area contributed by atoms with Crippen LogP contribution >= 0.6 is 0 Å². The summed E-state index contributed by atoms with van der Waals surface area (Å²) in [7, 11) is 0. The van der Waals surface area contributed by atoms with Crippen molar-refractivity contribution in [2.24, 2.45) is 0 Å². The Bertz CT molecular complexity index is 917. The minimum Gasteiger partial charge on any atom is -0.462 e. The lowest BCUT2D eigenvalue weighted by Gasteiger charge is -2.14. The fourth-order valence-electron chi connectivity index (χ4n) is 2.43. The van der Waals surface area contributed by atoms with E-state index in [0.29, 0.717) is 41.7 Å². The van der Waals surface area contributed by atoms with E-state index in [0.717, 1.165) is 5.56 Å². The number of nitrogen functional groups attached to an aromatic ring is 1. The van der Waals surface area contributed by atoms with Gasteiger partial charge in [0.15, 0.2) is 11.6 Å². The Balaban J connectivity index is 1.79. The lowest BCUT2D eigenvalue weighted by atomic mass is 10.2. The van der Waals surface area contributed by atoms with Gasteiger partial charge >= 0.3 is 5.97 Å². The molecule has 0 atom stereocenters. The quantitative estimate of drug-likeness (QED) is 0.548. The van der Waals surface area contributed by atoms with Gasteiger partial charge in [-0.3, -0.25) is 4.98 Å². The summed E-state index contributed by atoms with van der Waals surface area (Å²) in [6.45, 7) is 2.58. The van der Waals surface area contributed by atoms with Gasteiger partial charge in [-0.2, -0.15) is 0 Å². The average Bonchev–Trinajstić information content (AvgIpc) is 2.70. The van der Waals surface area contributed by atoms with Crippen LogP contribution < -0.4 is 16.4 Å². The minimum absolute atomic E-state index is 0.297. The van der Waals surface area contributed by atoms with Crippen LogP contribution in [0, 0.1) is 0 Å². The van der Waals surface area contributed by atoms with Gasteiger partial charge in [0.2, 0.25) is 0 Å². The molecular formula is C19H20N6O2. The van der Waals surface area contributed by atoms with Crippen molar-refractivity contribution < 1.29 is 9.53 Å². The molecule has 0 radical (unpaired) electrons. The van der Waals surface area contributed by atoms with Gasteiger partial charge in [0, 0.05) is 18.9 Å². The van der Waals surface area contributed by atoms with Crippen molar-refractivity contribution in [3.63, 3.8) is 0 Å². The number of hydrogen-bond acceptors (Lipinski definition) is 8. The summed E-state index contributed by atoms with van der Waals surface area (Å²) in [5.74, 6) is 0.476. The monoisotopic (exact) mass is 364 g/mol. The molecule has 0 unspecified atom stereocenters. The normalized spacial score (nSPS) is 10.3. The first-order valence-corrected chi connectivity index (χ1v) is 8.45. The average molecular weight is 364 g/mol. The number of hydrogen-bond donors (Lipinski definition) is 3. The van der Waals surface area contributed by atoms with E-state index in [1.54, 1.807) is 37.5 Å². The van der Waals surface area contributed by atoms with Crippen molar-refractivity contribution >= 4 is 29.0 Å². The van der Waals surface area contributed by atoms with Gasteiger partial charge in [-0.1, -0.05) is 18.2 Å². The largest absolute Gasteiger partial charge is 0.462 e. The molecule has 27 heavy (non-hydrogen) atoms. The number of aromatic nitrogens is 3. The van der Waals surface area contributed by atoms with Crippen molar-refractivity contribution in [2.75, 3.05) is 23.0 Å². The first kappa shape index (κ1) is 18.1. The predicted molar refractivity (Wildman–Crippen MR) is 104 cm³/mol. The zero-order valence-corrected chi connectivity index (χ0v) is 14.8. The third-order valence-electron chi connectivity index (χ3n) is 3.74. The maximum Gasteiger partial charge on any atom is 0.340 e. The number of rotatable bonds is 7. The number of nitrogens with two attached hydrogens (primary N) is 1. The number of carbonyl (C=O) groups excluding carboxylic acids is 1. The molecule has 2 heterocycles. The van der Waals surface area contributed by atoms with Crippen molar-refractivity contribution in [2.45, 2.75) is 13.5 Å². The first-order chi connectivity index (χ1) is 13.2. The number of nitrogens with one attached hydrogen (secondary N) is 2. The van der Waals surface area contributed by atoms with Crippen molar-refractivity contribution in [3.05, 3.63) is 66.2 Å². The molecule has 2 aromatic heterocycles. The Hall–Kier alpha value is -3.68. The number of para-hydroxylation sites is 1. The molecule has 3 aromatic rings. The second-order valence-corrected chi connectivity index (χ2v) is 5.59. The Morgan fingerprint density at radius 2 is 1.96 bits per heavy atom. The Kier molecular flexibility index (Phi) is 5.78. The standard InChI is InChI=1S/C19H20N6O2/c1-2-27-19(26)14-7-3-4-8-15(14)25-18-16(20)17(23-12-24-18)22-11-13-6-5-9-21-10-13/h3-10,12H,2,11,20H2,1H3,(H2,22,23,24,25). The number of nitrogens with zero attached hydrogens (tertiary/aromatic N) is 3. The van der Waals surface area contributed by atoms with Crippen LogP contribution in [0.2, 0.25) is 0 Å². The molecular weight excluding hydrogens is 344 g/mol. The van der Waals surface area contributed by atoms with Gasteiger partial charge in [-0.25, -0.2) is 14.8 Å². The van der Waals surface area contributed by atoms with Crippen molar-refractivity contribution in [3.8, 4) is 0 Å². The highest BCUT2D eigenvalue weighted by Gasteiger charge is 2.14. The van der Waals surface area contributed by atoms with Crippen LogP contribution in [0.15, 0.2) is 55.1 Å². The zero-order chi connectivity index (χ0) is 19.1. The van der Waals surface area contributed by atoms with Gasteiger partial charge < -0.3 is 21.1 Å². The molecule has 0 amide bonds. The summed E-state index contributed by atoms with van der Waals surface area (Å²) in [6.07, 6.45) is 4.88. The molecule has 0 aliphatic rings. The maximum absolute atomic E-state index is 12.1. The van der Waals surface area contributed by atoms with Crippen LogP contribution in [-0.2, 0) is 11.3 Å². The molecule has 0 fully saturated rings. The SMILES string of the molecule is CCOC(=O)c1ccccc1Nc1ncnc(NCc2cccnc2)c1N. The van der Waals surface area contributed by atoms with E-state index in [9.17, 15) is 4.79 Å².